The normalized spacial score (nSPS) is 29.2. The first kappa shape index (κ1) is 11.2. The maximum Gasteiger partial charge on any atom is 0.0736 e. The average Bonchev–Trinajstić information content (AvgIpc) is 2.63. The molecular formula is C13H21N3. The van der Waals surface area contributed by atoms with Gasteiger partial charge in [0.2, 0.25) is 0 Å². The Balaban J connectivity index is 2.04. The van der Waals surface area contributed by atoms with Crippen molar-refractivity contribution in [3.8, 4) is 0 Å². The van der Waals surface area contributed by atoms with Gasteiger partial charge in [0.25, 0.3) is 0 Å². The highest BCUT2D eigenvalue weighted by molar-refractivity contribution is 5.64. The summed E-state index contributed by atoms with van der Waals surface area (Å²) in [7, 11) is 0. The summed E-state index contributed by atoms with van der Waals surface area (Å²) < 4.78 is 0. The second kappa shape index (κ2) is 4.73. The maximum atomic E-state index is 5.89. The number of pyridine rings is 1. The number of hydrogen-bond acceptors (Lipinski definition) is 3. The predicted molar refractivity (Wildman–Crippen MR) is 68.2 cm³/mol. The molecule has 0 aliphatic heterocycles. The van der Waals surface area contributed by atoms with Crippen LogP contribution in [0.5, 0.6) is 0 Å². The molecule has 1 saturated carbocycles. The largest absolute Gasteiger partial charge is 0.396 e. The molecule has 3 unspecified atom stereocenters. The molecule has 0 saturated heterocycles. The van der Waals surface area contributed by atoms with E-state index in [-0.39, 0.29) is 0 Å². The summed E-state index contributed by atoms with van der Waals surface area (Å²) in [5.74, 6) is 1.60. The van der Waals surface area contributed by atoms with Crippen LogP contribution in [-0.2, 0) is 0 Å². The van der Waals surface area contributed by atoms with E-state index in [1.54, 1.807) is 12.4 Å². The Morgan fingerprint density at radius 2 is 2.31 bits per heavy atom. The number of anilines is 2. The number of nitrogens with two attached hydrogens (primary N) is 1. The van der Waals surface area contributed by atoms with Crippen LogP contribution in [0.15, 0.2) is 18.5 Å². The molecule has 3 atom stereocenters. The second-order valence-corrected chi connectivity index (χ2v) is 4.82. The van der Waals surface area contributed by atoms with Crippen LogP contribution < -0.4 is 11.1 Å². The topological polar surface area (TPSA) is 50.9 Å². The zero-order chi connectivity index (χ0) is 11.5. The van der Waals surface area contributed by atoms with E-state index in [2.05, 4.69) is 24.1 Å². The molecule has 0 aromatic carbocycles. The summed E-state index contributed by atoms with van der Waals surface area (Å²) in [4.78, 5) is 4.00. The molecule has 0 amide bonds. The molecule has 1 aliphatic rings. The molecular weight excluding hydrogens is 198 g/mol. The molecule has 16 heavy (non-hydrogen) atoms. The Bertz CT molecular complexity index is 351. The van der Waals surface area contributed by atoms with Gasteiger partial charge in [-0.15, -0.1) is 0 Å². The summed E-state index contributed by atoms with van der Waals surface area (Å²) >= 11 is 0. The summed E-state index contributed by atoms with van der Waals surface area (Å²) in [6, 6.07) is 2.52. The molecule has 0 radical (unpaired) electrons. The minimum atomic E-state index is 0.564. The van der Waals surface area contributed by atoms with Crippen molar-refractivity contribution in [2.75, 3.05) is 11.1 Å². The van der Waals surface area contributed by atoms with Crippen LogP contribution in [0.25, 0.3) is 0 Å². The van der Waals surface area contributed by atoms with Crippen LogP contribution in [0.2, 0.25) is 0 Å². The third kappa shape index (κ3) is 2.13. The maximum absolute atomic E-state index is 5.89. The van der Waals surface area contributed by atoms with Crippen molar-refractivity contribution in [3.05, 3.63) is 18.5 Å². The zero-order valence-corrected chi connectivity index (χ0v) is 10.1. The van der Waals surface area contributed by atoms with Crippen LogP contribution in [-0.4, -0.2) is 11.0 Å². The Morgan fingerprint density at radius 3 is 2.94 bits per heavy atom. The number of hydrogen-bond donors (Lipinski definition) is 2. The zero-order valence-electron chi connectivity index (χ0n) is 10.1. The van der Waals surface area contributed by atoms with Crippen molar-refractivity contribution in [2.24, 2.45) is 11.8 Å². The lowest BCUT2D eigenvalue weighted by molar-refractivity contribution is 0.392. The van der Waals surface area contributed by atoms with Crippen LogP contribution in [0.3, 0.4) is 0 Å². The van der Waals surface area contributed by atoms with Gasteiger partial charge in [0.15, 0.2) is 0 Å². The minimum absolute atomic E-state index is 0.564. The van der Waals surface area contributed by atoms with E-state index < -0.39 is 0 Å². The average molecular weight is 219 g/mol. The van der Waals surface area contributed by atoms with E-state index in [0.29, 0.717) is 6.04 Å². The molecule has 0 bridgehead atoms. The summed E-state index contributed by atoms with van der Waals surface area (Å²) in [5, 5.41) is 3.56. The Kier molecular flexibility index (Phi) is 3.32. The van der Waals surface area contributed by atoms with E-state index >= 15 is 0 Å². The summed E-state index contributed by atoms with van der Waals surface area (Å²) in [5.41, 5.74) is 7.66. The van der Waals surface area contributed by atoms with Crippen LogP contribution in [0.1, 0.15) is 33.1 Å². The van der Waals surface area contributed by atoms with Gasteiger partial charge in [-0.3, -0.25) is 4.98 Å². The first-order valence-corrected chi connectivity index (χ1v) is 6.18. The van der Waals surface area contributed by atoms with Crippen molar-refractivity contribution >= 4 is 11.4 Å². The molecule has 1 aromatic rings. The number of rotatable bonds is 3. The lowest BCUT2D eigenvalue weighted by Crippen LogP contribution is -2.25. The highest BCUT2D eigenvalue weighted by Gasteiger charge is 2.31. The first-order chi connectivity index (χ1) is 7.72. The summed E-state index contributed by atoms with van der Waals surface area (Å²) in [6.07, 6.45) is 7.36. The van der Waals surface area contributed by atoms with E-state index in [0.717, 1.165) is 23.2 Å². The predicted octanol–water partition coefficient (Wildman–Crippen LogP) is 2.90. The van der Waals surface area contributed by atoms with Crippen molar-refractivity contribution < 1.29 is 0 Å². The lowest BCUT2D eigenvalue weighted by Gasteiger charge is -2.22. The van der Waals surface area contributed by atoms with E-state index in [9.17, 15) is 0 Å². The molecule has 3 nitrogen and oxygen atoms in total. The SMILES string of the molecule is CCC1CCC(Nc2ccncc2N)C1C. The van der Waals surface area contributed by atoms with Gasteiger partial charge in [0.05, 0.1) is 17.6 Å². The Hall–Kier alpha value is -1.25. The van der Waals surface area contributed by atoms with Gasteiger partial charge in [-0.1, -0.05) is 20.3 Å². The fraction of sp³-hybridized carbons (Fsp3) is 0.615. The molecule has 3 N–H and O–H groups in total. The highest BCUT2D eigenvalue weighted by Crippen LogP contribution is 2.36. The van der Waals surface area contributed by atoms with E-state index in [1.165, 1.54) is 19.3 Å². The number of nitrogens with one attached hydrogen (secondary N) is 1. The number of nitrogens with zero attached hydrogens (tertiary/aromatic N) is 1. The van der Waals surface area contributed by atoms with Gasteiger partial charge < -0.3 is 11.1 Å². The monoisotopic (exact) mass is 219 g/mol. The van der Waals surface area contributed by atoms with Crippen molar-refractivity contribution in [2.45, 2.75) is 39.2 Å². The van der Waals surface area contributed by atoms with Crippen molar-refractivity contribution in [1.29, 1.82) is 0 Å². The first-order valence-electron chi connectivity index (χ1n) is 6.18. The molecule has 3 heteroatoms. The van der Waals surface area contributed by atoms with Gasteiger partial charge in [0.1, 0.15) is 0 Å². The number of aromatic nitrogens is 1. The van der Waals surface area contributed by atoms with Crippen molar-refractivity contribution in [1.82, 2.24) is 4.98 Å². The van der Waals surface area contributed by atoms with Crippen LogP contribution in [0.4, 0.5) is 11.4 Å². The fourth-order valence-electron chi connectivity index (χ4n) is 2.77. The molecule has 0 spiro atoms. The lowest BCUT2D eigenvalue weighted by atomic mass is 9.93. The smallest absolute Gasteiger partial charge is 0.0736 e. The Labute approximate surface area is 97.5 Å². The van der Waals surface area contributed by atoms with E-state index in [4.69, 9.17) is 5.73 Å². The third-order valence-electron chi connectivity index (χ3n) is 3.94. The molecule has 1 aromatic heterocycles. The molecule has 88 valence electrons. The van der Waals surface area contributed by atoms with Gasteiger partial charge >= 0.3 is 0 Å². The molecule has 2 rings (SSSR count). The van der Waals surface area contributed by atoms with Crippen LogP contribution in [0, 0.1) is 11.8 Å². The van der Waals surface area contributed by atoms with Gasteiger partial charge in [-0.2, -0.15) is 0 Å². The molecule has 1 aliphatic carbocycles. The summed E-state index contributed by atoms with van der Waals surface area (Å²) in [6.45, 7) is 4.63. The minimum Gasteiger partial charge on any atom is -0.396 e. The fourth-order valence-corrected chi connectivity index (χ4v) is 2.77. The van der Waals surface area contributed by atoms with Crippen molar-refractivity contribution in [3.63, 3.8) is 0 Å². The van der Waals surface area contributed by atoms with Gasteiger partial charge in [0, 0.05) is 12.2 Å². The molecule has 1 heterocycles. The Morgan fingerprint density at radius 1 is 1.50 bits per heavy atom. The van der Waals surface area contributed by atoms with Crippen LogP contribution >= 0.6 is 0 Å². The van der Waals surface area contributed by atoms with E-state index in [1.807, 2.05) is 6.07 Å². The molecule has 1 fully saturated rings. The third-order valence-corrected chi connectivity index (χ3v) is 3.94. The second-order valence-electron chi connectivity index (χ2n) is 4.82. The quantitative estimate of drug-likeness (QED) is 0.821. The highest BCUT2D eigenvalue weighted by atomic mass is 15.0. The van der Waals surface area contributed by atoms with Gasteiger partial charge in [-0.25, -0.2) is 0 Å². The number of nitrogen functional groups attached to an aromatic ring is 1. The van der Waals surface area contributed by atoms with Gasteiger partial charge in [-0.05, 0) is 30.7 Å². The standard InChI is InChI=1S/C13H21N3/c1-3-10-4-5-12(9(10)2)16-13-6-7-15-8-11(13)14/h6-10,12H,3-5,14H2,1-2H3,(H,15,16).